The number of aromatic nitrogens is 3. The van der Waals surface area contributed by atoms with Gasteiger partial charge in [-0.05, 0) is 59.4 Å². The number of amides is 1. The normalized spacial score (nSPS) is 26.8. The number of aryl methyl sites for hydroxylation is 1. The van der Waals surface area contributed by atoms with Crippen LogP contribution >= 0.6 is 11.6 Å². The van der Waals surface area contributed by atoms with Crippen LogP contribution in [0.5, 0.6) is 0 Å². The Labute approximate surface area is 186 Å². The number of nitriles is 1. The summed E-state index contributed by atoms with van der Waals surface area (Å²) in [6.07, 6.45) is 8.27. The molecule has 0 bridgehead atoms. The second-order valence-electron chi connectivity index (χ2n) is 8.85. The number of fused-ring (bicyclic) bond motifs is 1. The molecule has 6 nitrogen and oxygen atoms in total. The van der Waals surface area contributed by atoms with E-state index in [9.17, 15) is 4.79 Å². The summed E-state index contributed by atoms with van der Waals surface area (Å²) < 4.78 is 1.78. The molecule has 3 aromatic rings. The molecule has 0 aliphatic heterocycles. The Balaban J connectivity index is 1.35. The highest BCUT2D eigenvalue weighted by Crippen LogP contribution is 2.56. The first kappa shape index (κ1) is 20.0. The maximum Gasteiger partial charge on any atom is 0.229 e. The summed E-state index contributed by atoms with van der Waals surface area (Å²) in [5, 5.41) is 19.0. The predicted molar refractivity (Wildman–Crippen MR) is 120 cm³/mol. The van der Waals surface area contributed by atoms with Crippen molar-refractivity contribution in [1.82, 2.24) is 14.8 Å². The summed E-state index contributed by atoms with van der Waals surface area (Å²) in [7, 11) is 1.89. The first-order valence-electron chi connectivity index (χ1n) is 10.8. The van der Waals surface area contributed by atoms with Gasteiger partial charge in [0.05, 0.1) is 12.3 Å². The minimum absolute atomic E-state index is 0.0117. The third-order valence-corrected chi connectivity index (χ3v) is 7.23. The lowest BCUT2D eigenvalue weighted by atomic mass is 9.72. The highest BCUT2D eigenvalue weighted by Gasteiger charge is 2.54. The highest BCUT2D eigenvalue weighted by atomic mass is 35.5. The summed E-state index contributed by atoms with van der Waals surface area (Å²) in [6, 6.07) is 8.25. The number of hydrogen-bond donors (Lipinski definition) is 1. The van der Waals surface area contributed by atoms with Crippen LogP contribution in [0, 0.1) is 29.1 Å². The van der Waals surface area contributed by atoms with E-state index in [-0.39, 0.29) is 23.7 Å². The van der Waals surface area contributed by atoms with Gasteiger partial charge in [-0.25, -0.2) is 4.98 Å². The Hall–Kier alpha value is -2.91. The fourth-order valence-electron chi connectivity index (χ4n) is 5.06. The van der Waals surface area contributed by atoms with E-state index in [2.05, 4.69) is 34.5 Å². The highest BCUT2D eigenvalue weighted by molar-refractivity contribution is 6.32. The number of pyridine rings is 1. The second-order valence-corrected chi connectivity index (χ2v) is 9.25. The molecule has 2 aliphatic rings. The molecule has 3 atom stereocenters. The molecule has 158 valence electrons. The summed E-state index contributed by atoms with van der Waals surface area (Å²) in [4.78, 5) is 17.4. The van der Waals surface area contributed by atoms with Crippen molar-refractivity contribution < 1.29 is 4.79 Å². The lowest BCUT2D eigenvalue weighted by molar-refractivity contribution is -0.117. The van der Waals surface area contributed by atoms with Gasteiger partial charge in [0.2, 0.25) is 5.91 Å². The Morgan fingerprint density at radius 1 is 1.29 bits per heavy atom. The van der Waals surface area contributed by atoms with Crippen molar-refractivity contribution >= 4 is 34.1 Å². The molecule has 0 saturated heterocycles. The van der Waals surface area contributed by atoms with Gasteiger partial charge >= 0.3 is 0 Å². The van der Waals surface area contributed by atoms with Gasteiger partial charge in [-0.3, -0.25) is 9.48 Å². The Kier molecular flexibility index (Phi) is 4.94. The number of halogens is 1. The maximum absolute atomic E-state index is 13.0. The molecule has 0 spiro atoms. The van der Waals surface area contributed by atoms with Crippen LogP contribution in [0.3, 0.4) is 0 Å². The largest absolute Gasteiger partial charge is 0.310 e. The molecule has 1 N–H and O–H groups in total. The van der Waals surface area contributed by atoms with Gasteiger partial charge in [0.25, 0.3) is 0 Å². The van der Waals surface area contributed by atoms with E-state index in [1.807, 2.05) is 31.6 Å². The third-order valence-electron chi connectivity index (χ3n) is 6.90. The smallest absolute Gasteiger partial charge is 0.229 e. The lowest BCUT2D eigenvalue weighted by Crippen LogP contribution is -2.20. The van der Waals surface area contributed by atoms with Crippen LogP contribution in [0.4, 0.5) is 5.82 Å². The van der Waals surface area contributed by atoms with E-state index >= 15 is 0 Å². The zero-order chi connectivity index (χ0) is 21.7. The zero-order valence-corrected chi connectivity index (χ0v) is 18.3. The fourth-order valence-corrected chi connectivity index (χ4v) is 5.38. The van der Waals surface area contributed by atoms with Crippen molar-refractivity contribution in [1.29, 1.82) is 5.26 Å². The van der Waals surface area contributed by atoms with Gasteiger partial charge in [-0.2, -0.15) is 10.4 Å². The van der Waals surface area contributed by atoms with Crippen LogP contribution in [-0.2, 0) is 11.8 Å². The molecule has 2 heterocycles. The molecule has 2 aromatic heterocycles. The van der Waals surface area contributed by atoms with Crippen LogP contribution in [0.1, 0.15) is 49.1 Å². The van der Waals surface area contributed by atoms with Crippen molar-refractivity contribution in [2.75, 3.05) is 5.32 Å². The molecule has 3 unspecified atom stereocenters. The molecule has 31 heavy (non-hydrogen) atoms. The molecular formula is C24H24ClN5O. The van der Waals surface area contributed by atoms with Gasteiger partial charge < -0.3 is 5.32 Å². The van der Waals surface area contributed by atoms with Gasteiger partial charge in [0, 0.05) is 47.6 Å². The van der Waals surface area contributed by atoms with Gasteiger partial charge in [-0.15, -0.1) is 0 Å². The molecule has 2 aliphatic carbocycles. The second kappa shape index (κ2) is 7.65. The third kappa shape index (κ3) is 3.57. The topological polar surface area (TPSA) is 83.6 Å². The summed E-state index contributed by atoms with van der Waals surface area (Å²) in [6.45, 7) is 2.12. The Morgan fingerprint density at radius 3 is 2.77 bits per heavy atom. The molecular weight excluding hydrogens is 410 g/mol. The van der Waals surface area contributed by atoms with Gasteiger partial charge in [-0.1, -0.05) is 24.9 Å². The number of carbonyl (C=O) groups excluding carboxylic acids is 1. The SMILES string of the molecule is CCC1C(C(=O)Nc2cc3cc(C4CC(C#N)C4)c(Cl)cc3cn2)C1c1cnn(C)c1. The number of carbonyl (C=O) groups is 1. The van der Waals surface area contributed by atoms with Crippen molar-refractivity contribution in [2.24, 2.45) is 24.8 Å². The number of benzene rings is 1. The van der Waals surface area contributed by atoms with Crippen molar-refractivity contribution in [2.45, 2.75) is 38.0 Å². The van der Waals surface area contributed by atoms with Gasteiger partial charge in [0.15, 0.2) is 0 Å². The Morgan fingerprint density at radius 2 is 2.10 bits per heavy atom. The van der Waals surface area contributed by atoms with Crippen LogP contribution in [-0.4, -0.2) is 20.7 Å². The Bertz CT molecular complexity index is 1210. The van der Waals surface area contributed by atoms with E-state index < -0.39 is 0 Å². The number of rotatable bonds is 5. The van der Waals surface area contributed by atoms with E-state index in [1.165, 1.54) is 0 Å². The van der Waals surface area contributed by atoms with Crippen molar-refractivity contribution in [3.8, 4) is 6.07 Å². The fraction of sp³-hybridized carbons (Fsp3) is 0.417. The zero-order valence-electron chi connectivity index (χ0n) is 17.5. The maximum atomic E-state index is 13.0. The standard InChI is InChI=1S/C24H24ClN5O/c1-3-18-22(17-11-28-30(2)12-17)23(18)24(31)29-21-8-14-6-19(15-4-13(5-15)9-26)20(25)7-16(14)10-27-21/h6-8,10-13,15,18,22-23H,3-5H2,1-2H3,(H,27,29,31). The van der Waals surface area contributed by atoms with E-state index in [0.717, 1.165) is 46.2 Å². The molecule has 2 saturated carbocycles. The van der Waals surface area contributed by atoms with E-state index in [4.69, 9.17) is 16.9 Å². The summed E-state index contributed by atoms with van der Waals surface area (Å²) in [5.74, 6) is 1.52. The first-order valence-corrected chi connectivity index (χ1v) is 11.1. The minimum Gasteiger partial charge on any atom is -0.310 e. The minimum atomic E-state index is -0.0506. The average Bonchev–Trinajstić information content (AvgIpc) is 3.31. The summed E-state index contributed by atoms with van der Waals surface area (Å²) >= 11 is 6.50. The monoisotopic (exact) mass is 433 g/mol. The quantitative estimate of drug-likeness (QED) is 0.612. The van der Waals surface area contributed by atoms with Gasteiger partial charge in [0.1, 0.15) is 5.82 Å². The van der Waals surface area contributed by atoms with Crippen LogP contribution in [0.2, 0.25) is 5.02 Å². The molecule has 1 aromatic carbocycles. The molecule has 2 fully saturated rings. The number of hydrogen-bond acceptors (Lipinski definition) is 4. The van der Waals surface area contributed by atoms with Crippen molar-refractivity contribution in [3.63, 3.8) is 0 Å². The van der Waals surface area contributed by atoms with Crippen molar-refractivity contribution in [3.05, 3.63) is 52.9 Å². The lowest BCUT2D eigenvalue weighted by Gasteiger charge is -2.31. The first-order chi connectivity index (χ1) is 15.0. The molecule has 5 rings (SSSR count). The number of nitrogens with zero attached hydrogens (tertiary/aromatic N) is 4. The molecule has 0 radical (unpaired) electrons. The van der Waals surface area contributed by atoms with E-state index in [1.54, 1.807) is 10.9 Å². The predicted octanol–water partition coefficient (Wildman–Crippen LogP) is 5.02. The average molecular weight is 434 g/mol. The summed E-state index contributed by atoms with van der Waals surface area (Å²) in [5.41, 5.74) is 2.20. The van der Waals surface area contributed by atoms with E-state index in [0.29, 0.717) is 17.7 Å². The van der Waals surface area contributed by atoms with Crippen LogP contribution in [0.15, 0.2) is 36.8 Å². The molecule has 1 amide bonds. The van der Waals surface area contributed by atoms with Crippen LogP contribution < -0.4 is 5.32 Å². The number of anilines is 1. The molecule has 7 heteroatoms. The van der Waals surface area contributed by atoms with Crippen LogP contribution in [0.25, 0.3) is 10.8 Å². The number of nitrogens with one attached hydrogen (secondary N) is 1.